The molecule has 1 aliphatic rings. The Morgan fingerprint density at radius 1 is 1.48 bits per heavy atom. The molecule has 0 atom stereocenters. The summed E-state index contributed by atoms with van der Waals surface area (Å²) in [4.78, 5) is 14.6. The summed E-state index contributed by atoms with van der Waals surface area (Å²) in [6.07, 6.45) is 8.72. The van der Waals surface area contributed by atoms with Crippen molar-refractivity contribution < 1.29 is 10.0 Å². The molecule has 1 aromatic heterocycles. The molecule has 0 unspecified atom stereocenters. The van der Waals surface area contributed by atoms with E-state index in [0.717, 1.165) is 31.2 Å². The summed E-state index contributed by atoms with van der Waals surface area (Å²) in [6.45, 7) is 0.454. The highest BCUT2D eigenvalue weighted by atomic mass is 16.4. The lowest BCUT2D eigenvalue weighted by atomic mass is 9.77. The Morgan fingerprint density at radius 2 is 2.14 bits per heavy atom. The van der Waals surface area contributed by atoms with Gasteiger partial charge in [-0.15, -0.1) is 0 Å². The summed E-state index contributed by atoms with van der Waals surface area (Å²) in [5.74, 6) is -0.0469. The fourth-order valence-electron chi connectivity index (χ4n) is 3.08. The van der Waals surface area contributed by atoms with Gasteiger partial charge in [-0.25, -0.2) is 0 Å². The first-order valence-electron chi connectivity index (χ1n) is 7.31. The number of nitrogens with two attached hydrogens (primary N) is 1. The SMILES string of the molecule is CN(Cc1cn[nH]c1)C(=O)C1(C(N)=NO)CCCCCC1. The van der Waals surface area contributed by atoms with Gasteiger partial charge in [0.05, 0.1) is 6.20 Å². The predicted octanol–water partition coefficient (Wildman–Crippen LogP) is 1.46. The highest BCUT2D eigenvalue weighted by Crippen LogP contribution is 2.37. The minimum absolute atomic E-state index is 0.0356. The molecule has 1 aromatic rings. The van der Waals surface area contributed by atoms with E-state index in [0.29, 0.717) is 19.4 Å². The average Bonchev–Trinajstić information content (AvgIpc) is 2.87. The van der Waals surface area contributed by atoms with Gasteiger partial charge in [0.1, 0.15) is 5.41 Å². The van der Waals surface area contributed by atoms with Gasteiger partial charge in [0.15, 0.2) is 5.84 Å². The number of aromatic amines is 1. The zero-order valence-electron chi connectivity index (χ0n) is 12.4. The van der Waals surface area contributed by atoms with Crippen LogP contribution in [0.4, 0.5) is 0 Å². The number of hydrogen-bond acceptors (Lipinski definition) is 4. The number of nitrogens with one attached hydrogen (secondary N) is 1. The van der Waals surface area contributed by atoms with Crippen LogP contribution in [0.15, 0.2) is 17.5 Å². The summed E-state index contributed by atoms with van der Waals surface area (Å²) in [7, 11) is 1.74. The van der Waals surface area contributed by atoms with E-state index < -0.39 is 5.41 Å². The molecule has 7 heteroatoms. The monoisotopic (exact) mass is 293 g/mol. The van der Waals surface area contributed by atoms with Crippen molar-refractivity contribution in [3.63, 3.8) is 0 Å². The van der Waals surface area contributed by atoms with E-state index in [9.17, 15) is 4.79 Å². The van der Waals surface area contributed by atoms with Crippen LogP contribution in [0.1, 0.15) is 44.1 Å². The van der Waals surface area contributed by atoms with E-state index >= 15 is 0 Å². The largest absolute Gasteiger partial charge is 0.409 e. The Morgan fingerprint density at radius 3 is 2.67 bits per heavy atom. The third kappa shape index (κ3) is 3.17. The van der Waals surface area contributed by atoms with E-state index in [1.165, 1.54) is 0 Å². The van der Waals surface area contributed by atoms with Crippen molar-refractivity contribution in [2.24, 2.45) is 16.3 Å². The van der Waals surface area contributed by atoms with Crippen LogP contribution in [0.3, 0.4) is 0 Å². The third-order valence-corrected chi connectivity index (χ3v) is 4.29. The van der Waals surface area contributed by atoms with E-state index in [4.69, 9.17) is 10.9 Å². The average molecular weight is 293 g/mol. The van der Waals surface area contributed by atoms with Crippen LogP contribution in [-0.4, -0.2) is 39.1 Å². The molecule has 21 heavy (non-hydrogen) atoms. The quantitative estimate of drug-likeness (QED) is 0.257. The lowest BCUT2D eigenvalue weighted by molar-refractivity contribution is -0.138. The maximum absolute atomic E-state index is 12.9. The highest BCUT2D eigenvalue weighted by molar-refractivity contribution is 6.06. The second-order valence-corrected chi connectivity index (χ2v) is 5.75. The zero-order chi connectivity index (χ0) is 15.3. The first kappa shape index (κ1) is 15.3. The van der Waals surface area contributed by atoms with Crippen molar-refractivity contribution in [3.05, 3.63) is 18.0 Å². The predicted molar refractivity (Wildman–Crippen MR) is 78.6 cm³/mol. The molecule has 1 aliphatic carbocycles. The molecule has 0 aromatic carbocycles. The Kier molecular flexibility index (Phi) is 4.82. The molecule has 116 valence electrons. The molecule has 1 amide bonds. The van der Waals surface area contributed by atoms with Crippen molar-refractivity contribution in [2.45, 2.75) is 45.1 Å². The van der Waals surface area contributed by atoms with Crippen molar-refractivity contribution in [1.82, 2.24) is 15.1 Å². The minimum atomic E-state index is -0.871. The molecule has 4 N–H and O–H groups in total. The van der Waals surface area contributed by atoms with E-state index in [2.05, 4.69) is 15.4 Å². The molecular weight excluding hydrogens is 270 g/mol. The molecule has 2 rings (SSSR count). The zero-order valence-corrected chi connectivity index (χ0v) is 12.4. The second kappa shape index (κ2) is 6.60. The van der Waals surface area contributed by atoms with E-state index in [1.807, 2.05) is 0 Å². The van der Waals surface area contributed by atoms with Crippen LogP contribution < -0.4 is 5.73 Å². The van der Waals surface area contributed by atoms with Crippen molar-refractivity contribution in [1.29, 1.82) is 0 Å². The third-order valence-electron chi connectivity index (χ3n) is 4.29. The number of carbonyl (C=O) groups is 1. The first-order chi connectivity index (χ1) is 10.1. The second-order valence-electron chi connectivity index (χ2n) is 5.75. The van der Waals surface area contributed by atoms with Crippen molar-refractivity contribution in [2.75, 3.05) is 7.05 Å². The minimum Gasteiger partial charge on any atom is -0.409 e. The van der Waals surface area contributed by atoms with Gasteiger partial charge in [-0.1, -0.05) is 30.8 Å². The molecule has 0 spiro atoms. The summed E-state index contributed by atoms with van der Waals surface area (Å²) in [5, 5.41) is 18.9. The Labute approximate surface area is 124 Å². The normalized spacial score (nSPS) is 19.0. The van der Waals surface area contributed by atoms with Crippen LogP contribution in [0.2, 0.25) is 0 Å². The molecule has 1 heterocycles. The number of rotatable bonds is 4. The molecular formula is C14H23N5O2. The topological polar surface area (TPSA) is 108 Å². The molecule has 1 fully saturated rings. The van der Waals surface area contributed by atoms with Crippen molar-refractivity contribution >= 4 is 11.7 Å². The van der Waals surface area contributed by atoms with Gasteiger partial charge in [-0.05, 0) is 12.8 Å². The fraction of sp³-hybridized carbons (Fsp3) is 0.643. The van der Waals surface area contributed by atoms with Gasteiger partial charge in [0.2, 0.25) is 5.91 Å². The van der Waals surface area contributed by atoms with Crippen LogP contribution >= 0.6 is 0 Å². The Bertz CT molecular complexity index is 489. The lowest BCUT2D eigenvalue weighted by Crippen LogP contribution is -2.50. The van der Waals surface area contributed by atoms with Gasteiger partial charge >= 0.3 is 0 Å². The van der Waals surface area contributed by atoms with E-state index in [-0.39, 0.29) is 11.7 Å². The van der Waals surface area contributed by atoms with Crippen molar-refractivity contribution in [3.8, 4) is 0 Å². The number of H-pyrrole nitrogens is 1. The summed E-state index contributed by atoms with van der Waals surface area (Å²) in [5.41, 5.74) is 5.95. The van der Waals surface area contributed by atoms with Gasteiger partial charge < -0.3 is 15.8 Å². The summed E-state index contributed by atoms with van der Waals surface area (Å²) < 4.78 is 0. The van der Waals surface area contributed by atoms with Crippen LogP contribution in [0.25, 0.3) is 0 Å². The first-order valence-corrected chi connectivity index (χ1v) is 7.31. The van der Waals surface area contributed by atoms with Gasteiger partial charge in [0.25, 0.3) is 0 Å². The highest BCUT2D eigenvalue weighted by Gasteiger charge is 2.44. The standard InChI is InChI=1S/C14H23N5O2/c1-19(10-11-8-16-17-9-11)13(20)14(12(15)18-21)6-4-2-3-5-7-14/h8-9,21H,2-7,10H2,1H3,(H2,15,18)(H,16,17). The molecule has 0 radical (unpaired) electrons. The molecule has 7 nitrogen and oxygen atoms in total. The number of amides is 1. The van der Waals surface area contributed by atoms with Gasteiger partial charge in [-0.2, -0.15) is 5.10 Å². The molecule has 0 saturated heterocycles. The Hall–Kier alpha value is -2.05. The molecule has 1 saturated carbocycles. The maximum Gasteiger partial charge on any atom is 0.236 e. The number of amidine groups is 1. The van der Waals surface area contributed by atoms with Crippen LogP contribution in [-0.2, 0) is 11.3 Å². The van der Waals surface area contributed by atoms with E-state index in [1.54, 1.807) is 24.3 Å². The Balaban J connectivity index is 2.21. The number of nitrogens with zero attached hydrogens (tertiary/aromatic N) is 3. The van der Waals surface area contributed by atoms with Crippen LogP contribution in [0.5, 0.6) is 0 Å². The fourth-order valence-corrected chi connectivity index (χ4v) is 3.08. The smallest absolute Gasteiger partial charge is 0.236 e. The van der Waals surface area contributed by atoms with Crippen LogP contribution in [0, 0.1) is 5.41 Å². The van der Waals surface area contributed by atoms with Gasteiger partial charge in [-0.3, -0.25) is 9.89 Å². The summed E-state index contributed by atoms with van der Waals surface area (Å²) in [6, 6.07) is 0. The number of oxime groups is 1. The number of carbonyl (C=O) groups excluding carboxylic acids is 1. The van der Waals surface area contributed by atoms with Gasteiger partial charge in [0, 0.05) is 25.4 Å². The molecule has 0 bridgehead atoms. The lowest BCUT2D eigenvalue weighted by Gasteiger charge is -2.33. The number of hydrogen-bond donors (Lipinski definition) is 3. The number of aromatic nitrogens is 2. The molecule has 0 aliphatic heterocycles. The maximum atomic E-state index is 12.9. The summed E-state index contributed by atoms with van der Waals surface area (Å²) >= 11 is 0.